The number of benzene rings is 2. The normalized spacial score (nSPS) is 10.5. The highest BCUT2D eigenvalue weighted by molar-refractivity contribution is 6.21. The van der Waals surface area contributed by atoms with Crippen LogP contribution in [0.4, 0.5) is 21.0 Å². The predicted octanol–water partition coefficient (Wildman–Crippen LogP) is 3.88. The maximum atomic E-state index is 13.3. The van der Waals surface area contributed by atoms with Crippen molar-refractivity contribution in [1.29, 1.82) is 0 Å². The van der Waals surface area contributed by atoms with E-state index in [1.54, 1.807) is 30.3 Å². The number of anilines is 1. The van der Waals surface area contributed by atoms with Gasteiger partial charge in [0.25, 0.3) is 0 Å². The molecule has 10 nitrogen and oxygen atoms in total. The third-order valence-electron chi connectivity index (χ3n) is 4.57. The number of rotatable bonds is 4. The van der Waals surface area contributed by atoms with Crippen molar-refractivity contribution in [2.75, 3.05) is 19.5 Å². The van der Waals surface area contributed by atoms with Crippen LogP contribution in [0, 0.1) is 17.0 Å². The van der Waals surface area contributed by atoms with Gasteiger partial charge in [0.1, 0.15) is 5.69 Å². The summed E-state index contributed by atoms with van der Waals surface area (Å²) in [6, 6.07) is 10.8. The molecule has 0 fully saturated rings. The second-order valence-electron chi connectivity index (χ2n) is 6.19. The van der Waals surface area contributed by atoms with Gasteiger partial charge in [0.2, 0.25) is 0 Å². The van der Waals surface area contributed by atoms with E-state index in [0.717, 1.165) is 18.8 Å². The SMILES string of the molecule is COC(=O)Nc1ccc2c(c(C(=O)c3ccccc3)c(C)n2C(=O)OC)c1[N+](=O)[O-]. The van der Waals surface area contributed by atoms with Gasteiger partial charge in [-0.25, -0.2) is 14.2 Å². The van der Waals surface area contributed by atoms with Crippen LogP contribution in [-0.2, 0) is 9.47 Å². The fraction of sp³-hybridized carbons (Fsp3) is 0.150. The number of amides is 1. The number of aromatic nitrogens is 1. The number of hydrogen-bond acceptors (Lipinski definition) is 7. The molecule has 0 aliphatic rings. The fourth-order valence-electron chi connectivity index (χ4n) is 3.28. The van der Waals surface area contributed by atoms with Gasteiger partial charge in [0, 0.05) is 11.3 Å². The molecule has 1 heterocycles. The van der Waals surface area contributed by atoms with E-state index >= 15 is 0 Å². The minimum atomic E-state index is -0.919. The summed E-state index contributed by atoms with van der Waals surface area (Å²) in [6.45, 7) is 1.49. The predicted molar refractivity (Wildman–Crippen MR) is 107 cm³/mol. The highest BCUT2D eigenvalue weighted by Gasteiger charge is 2.32. The van der Waals surface area contributed by atoms with Crippen LogP contribution in [-0.4, -0.2) is 41.7 Å². The number of methoxy groups -OCH3 is 2. The van der Waals surface area contributed by atoms with Crippen molar-refractivity contribution in [3.63, 3.8) is 0 Å². The van der Waals surface area contributed by atoms with E-state index < -0.39 is 28.6 Å². The molecule has 10 heteroatoms. The van der Waals surface area contributed by atoms with E-state index in [0.29, 0.717) is 0 Å². The molecule has 30 heavy (non-hydrogen) atoms. The lowest BCUT2D eigenvalue weighted by atomic mass is 9.99. The number of nitro benzene ring substituents is 1. The number of carbonyl (C=O) groups excluding carboxylic acids is 3. The molecule has 3 aromatic rings. The summed E-state index contributed by atoms with van der Waals surface area (Å²) >= 11 is 0. The van der Waals surface area contributed by atoms with E-state index in [1.165, 1.54) is 19.1 Å². The van der Waals surface area contributed by atoms with Crippen molar-refractivity contribution < 1.29 is 28.8 Å². The summed E-state index contributed by atoms with van der Waals surface area (Å²) in [7, 11) is 2.27. The Hall–Kier alpha value is -4.21. The number of ketones is 1. The van der Waals surface area contributed by atoms with Gasteiger partial charge in [-0.3, -0.25) is 20.2 Å². The molecule has 0 unspecified atom stereocenters. The number of ether oxygens (including phenoxy) is 2. The Bertz CT molecular complexity index is 1180. The van der Waals surface area contributed by atoms with Crippen LogP contribution < -0.4 is 5.32 Å². The molecule has 0 saturated heterocycles. The van der Waals surface area contributed by atoms with Gasteiger partial charge in [-0.15, -0.1) is 0 Å². The first-order valence-electron chi connectivity index (χ1n) is 8.67. The molecule has 3 rings (SSSR count). The van der Waals surface area contributed by atoms with Crippen LogP contribution in [0.2, 0.25) is 0 Å². The van der Waals surface area contributed by atoms with Crippen molar-refractivity contribution in [2.24, 2.45) is 0 Å². The summed E-state index contributed by atoms with van der Waals surface area (Å²) in [5.74, 6) is -0.515. The standard InChI is InChI=1S/C20H17N3O7/c1-11-15(18(24)12-7-5-4-6-8-12)16-14(22(11)20(26)30-3)10-9-13(17(16)23(27)28)21-19(25)29-2/h4-10H,1-3H3,(H,21,25). The second-order valence-corrected chi connectivity index (χ2v) is 6.19. The maximum Gasteiger partial charge on any atom is 0.418 e. The summed E-state index contributed by atoms with van der Waals surface area (Å²) in [6.07, 6.45) is -1.73. The van der Waals surface area contributed by atoms with Gasteiger partial charge in [0.05, 0.1) is 35.6 Å². The zero-order chi connectivity index (χ0) is 22.0. The molecular formula is C20H17N3O7. The molecule has 1 amide bonds. The Balaban J connectivity index is 2.43. The number of nitro groups is 1. The average molecular weight is 411 g/mol. The molecule has 0 radical (unpaired) electrons. The molecule has 0 aliphatic heterocycles. The number of carbonyl (C=O) groups is 3. The second kappa shape index (κ2) is 8.03. The Morgan fingerprint density at radius 1 is 1.03 bits per heavy atom. The smallest absolute Gasteiger partial charge is 0.418 e. The first-order chi connectivity index (χ1) is 14.3. The zero-order valence-corrected chi connectivity index (χ0v) is 16.3. The van der Waals surface area contributed by atoms with E-state index in [9.17, 15) is 24.5 Å². The molecule has 0 saturated carbocycles. The molecular weight excluding hydrogens is 394 g/mol. The summed E-state index contributed by atoms with van der Waals surface area (Å²) in [5, 5.41) is 14.1. The fourth-order valence-corrected chi connectivity index (χ4v) is 3.28. The minimum Gasteiger partial charge on any atom is -0.453 e. The van der Waals surface area contributed by atoms with Gasteiger partial charge >= 0.3 is 17.9 Å². The molecule has 0 bridgehead atoms. The van der Waals surface area contributed by atoms with Crippen molar-refractivity contribution in [3.05, 3.63) is 69.4 Å². The number of nitrogens with one attached hydrogen (secondary N) is 1. The third kappa shape index (κ3) is 3.34. The Labute approximate surface area is 170 Å². The van der Waals surface area contributed by atoms with Crippen LogP contribution in [0.25, 0.3) is 10.9 Å². The average Bonchev–Trinajstić information content (AvgIpc) is 3.04. The van der Waals surface area contributed by atoms with Gasteiger partial charge in [-0.2, -0.15) is 0 Å². The zero-order valence-electron chi connectivity index (χ0n) is 16.3. The van der Waals surface area contributed by atoms with E-state index in [4.69, 9.17) is 4.74 Å². The van der Waals surface area contributed by atoms with Crippen molar-refractivity contribution >= 4 is 40.2 Å². The third-order valence-corrected chi connectivity index (χ3v) is 4.57. The summed E-state index contributed by atoms with van der Waals surface area (Å²) < 4.78 is 10.4. The minimum absolute atomic E-state index is 0.0400. The van der Waals surface area contributed by atoms with Crippen LogP contribution >= 0.6 is 0 Å². The first kappa shape index (κ1) is 20.5. The number of hydrogen-bond donors (Lipinski definition) is 1. The van der Waals surface area contributed by atoms with Gasteiger partial charge in [-0.05, 0) is 19.1 Å². The van der Waals surface area contributed by atoms with Crippen molar-refractivity contribution in [1.82, 2.24) is 4.57 Å². The first-order valence-corrected chi connectivity index (χ1v) is 8.67. The monoisotopic (exact) mass is 411 g/mol. The molecule has 2 aromatic carbocycles. The van der Waals surface area contributed by atoms with Crippen LogP contribution in [0.1, 0.15) is 21.6 Å². The molecule has 0 spiro atoms. The van der Waals surface area contributed by atoms with Crippen molar-refractivity contribution in [3.8, 4) is 0 Å². The Morgan fingerprint density at radius 2 is 1.70 bits per heavy atom. The van der Waals surface area contributed by atoms with Gasteiger partial charge < -0.3 is 9.47 Å². The van der Waals surface area contributed by atoms with Gasteiger partial charge in [0.15, 0.2) is 5.78 Å². The molecule has 1 N–H and O–H groups in total. The number of fused-ring (bicyclic) bond motifs is 1. The Morgan fingerprint density at radius 3 is 2.27 bits per heavy atom. The maximum absolute atomic E-state index is 13.3. The summed E-state index contributed by atoms with van der Waals surface area (Å²) in [4.78, 5) is 48.5. The lowest BCUT2D eigenvalue weighted by Crippen LogP contribution is -2.14. The topological polar surface area (TPSA) is 130 Å². The quantitative estimate of drug-likeness (QED) is 0.392. The lowest BCUT2D eigenvalue weighted by Gasteiger charge is -2.07. The lowest BCUT2D eigenvalue weighted by molar-refractivity contribution is -0.382. The van der Waals surface area contributed by atoms with E-state index in [-0.39, 0.29) is 33.4 Å². The van der Waals surface area contributed by atoms with Crippen molar-refractivity contribution in [2.45, 2.75) is 6.92 Å². The molecule has 0 aliphatic carbocycles. The largest absolute Gasteiger partial charge is 0.453 e. The van der Waals surface area contributed by atoms with E-state index in [2.05, 4.69) is 10.1 Å². The number of nitrogens with zero attached hydrogens (tertiary/aromatic N) is 2. The summed E-state index contributed by atoms with van der Waals surface area (Å²) in [5.41, 5.74) is -0.205. The van der Waals surface area contributed by atoms with Crippen LogP contribution in [0.5, 0.6) is 0 Å². The highest BCUT2D eigenvalue weighted by Crippen LogP contribution is 2.39. The van der Waals surface area contributed by atoms with Crippen LogP contribution in [0.3, 0.4) is 0 Å². The Kier molecular flexibility index (Phi) is 5.50. The molecule has 154 valence electrons. The molecule has 0 atom stereocenters. The molecule has 1 aromatic heterocycles. The van der Waals surface area contributed by atoms with Crippen LogP contribution in [0.15, 0.2) is 42.5 Å². The van der Waals surface area contributed by atoms with Gasteiger partial charge in [-0.1, -0.05) is 30.3 Å². The highest BCUT2D eigenvalue weighted by atomic mass is 16.6. The van der Waals surface area contributed by atoms with E-state index in [1.807, 2.05) is 0 Å².